The lowest BCUT2D eigenvalue weighted by atomic mass is 10.00. The van der Waals surface area contributed by atoms with Gasteiger partial charge >= 0.3 is 5.97 Å². The summed E-state index contributed by atoms with van der Waals surface area (Å²) in [5, 5.41) is 15.2. The van der Waals surface area contributed by atoms with Gasteiger partial charge in [0.05, 0.1) is 12.3 Å². The summed E-state index contributed by atoms with van der Waals surface area (Å²) in [7, 11) is 0. The molecule has 0 saturated carbocycles. The number of anilines is 1. The van der Waals surface area contributed by atoms with E-state index in [0.717, 1.165) is 18.5 Å². The maximum Gasteiger partial charge on any atom is 0.339 e. The first-order valence-corrected chi connectivity index (χ1v) is 10.6. The van der Waals surface area contributed by atoms with Crippen LogP contribution in [0.3, 0.4) is 0 Å². The second-order valence-electron chi connectivity index (χ2n) is 7.54. The minimum atomic E-state index is -1.02. The van der Waals surface area contributed by atoms with Gasteiger partial charge in [-0.3, -0.25) is 0 Å². The van der Waals surface area contributed by atoms with Gasteiger partial charge in [0.25, 0.3) is 0 Å². The predicted octanol–water partition coefficient (Wildman–Crippen LogP) is 5.36. The van der Waals surface area contributed by atoms with Crippen LogP contribution in [-0.4, -0.2) is 34.2 Å². The van der Waals surface area contributed by atoms with Crippen molar-refractivity contribution in [2.24, 2.45) is 0 Å². The van der Waals surface area contributed by atoms with Crippen molar-refractivity contribution in [1.82, 2.24) is 9.97 Å². The molecule has 0 bridgehead atoms. The van der Waals surface area contributed by atoms with Crippen molar-refractivity contribution in [1.29, 1.82) is 0 Å². The molecule has 32 heavy (non-hydrogen) atoms. The first-order valence-electron chi connectivity index (χ1n) is 10.6. The van der Waals surface area contributed by atoms with Crippen LogP contribution in [0.4, 0.5) is 5.82 Å². The van der Waals surface area contributed by atoms with Crippen LogP contribution in [0.1, 0.15) is 28.4 Å². The number of ether oxygens (including phenoxy) is 1. The average molecular weight is 428 g/mol. The lowest BCUT2D eigenvalue weighted by Crippen LogP contribution is -2.08. The Morgan fingerprint density at radius 2 is 1.81 bits per heavy atom. The van der Waals surface area contributed by atoms with Crippen LogP contribution in [0.2, 0.25) is 0 Å². The quantitative estimate of drug-likeness (QED) is 0.394. The van der Waals surface area contributed by atoms with Crippen LogP contribution in [0.15, 0.2) is 67.0 Å². The molecule has 1 heterocycles. The highest BCUT2D eigenvalue weighted by molar-refractivity contribution is 5.92. The van der Waals surface area contributed by atoms with Crippen molar-refractivity contribution in [3.63, 3.8) is 0 Å². The van der Waals surface area contributed by atoms with E-state index in [1.54, 1.807) is 18.2 Å². The standard InChI is InChI=1S/C26H25N3O3/c1-3-32-24-14-21(8-9-22(24)26(30)31)23-15-25(29-16-28-23)27-11-10-18-13-20-7-5-4-6-19(20)12-17(18)2/h4-9,12-16H,3,10-11H2,1-2H3,(H,30,31)(H,27,28,29). The first kappa shape index (κ1) is 21.3. The highest BCUT2D eigenvalue weighted by atomic mass is 16.5. The smallest absolute Gasteiger partial charge is 0.339 e. The monoisotopic (exact) mass is 427 g/mol. The molecule has 4 rings (SSSR count). The Bertz CT molecular complexity index is 1270. The van der Waals surface area contributed by atoms with Gasteiger partial charge in [0.2, 0.25) is 0 Å². The maximum atomic E-state index is 11.4. The van der Waals surface area contributed by atoms with E-state index in [4.69, 9.17) is 4.74 Å². The highest BCUT2D eigenvalue weighted by Crippen LogP contribution is 2.27. The Labute approximate surface area is 186 Å². The number of nitrogens with one attached hydrogen (secondary N) is 1. The number of benzene rings is 3. The molecule has 0 unspecified atom stereocenters. The molecule has 0 aliphatic carbocycles. The Hall–Kier alpha value is -3.93. The minimum absolute atomic E-state index is 0.133. The van der Waals surface area contributed by atoms with Gasteiger partial charge in [-0.05, 0) is 54.3 Å². The third-order valence-corrected chi connectivity index (χ3v) is 5.38. The molecule has 6 heteroatoms. The number of aryl methyl sites for hydroxylation is 1. The molecule has 0 radical (unpaired) electrons. The fraction of sp³-hybridized carbons (Fsp3) is 0.192. The molecule has 162 valence electrons. The van der Waals surface area contributed by atoms with Crippen molar-refractivity contribution in [3.05, 3.63) is 83.7 Å². The first-order chi connectivity index (χ1) is 15.5. The maximum absolute atomic E-state index is 11.4. The molecule has 0 aliphatic rings. The second kappa shape index (κ2) is 9.47. The van der Waals surface area contributed by atoms with Crippen LogP contribution in [0, 0.1) is 6.92 Å². The van der Waals surface area contributed by atoms with Crippen LogP contribution in [-0.2, 0) is 6.42 Å². The molecule has 0 saturated heterocycles. The molecule has 3 aromatic carbocycles. The number of rotatable bonds is 8. The average Bonchev–Trinajstić information content (AvgIpc) is 2.79. The van der Waals surface area contributed by atoms with Crippen molar-refractivity contribution in [3.8, 4) is 17.0 Å². The third kappa shape index (κ3) is 4.70. The van der Waals surface area contributed by atoms with Crippen LogP contribution < -0.4 is 10.1 Å². The van der Waals surface area contributed by atoms with E-state index in [0.29, 0.717) is 23.9 Å². The van der Waals surface area contributed by atoms with Crippen LogP contribution in [0.5, 0.6) is 5.75 Å². The van der Waals surface area contributed by atoms with E-state index < -0.39 is 5.97 Å². The lowest BCUT2D eigenvalue weighted by Gasteiger charge is -2.11. The van der Waals surface area contributed by atoms with E-state index in [-0.39, 0.29) is 5.56 Å². The Kier molecular flexibility index (Phi) is 6.31. The summed E-state index contributed by atoms with van der Waals surface area (Å²) in [5.41, 5.74) is 4.18. The summed E-state index contributed by atoms with van der Waals surface area (Å²) >= 11 is 0. The Morgan fingerprint density at radius 1 is 1.03 bits per heavy atom. The fourth-order valence-electron chi connectivity index (χ4n) is 3.74. The molecule has 0 spiro atoms. The number of carboxylic acids is 1. The van der Waals surface area contributed by atoms with Crippen molar-refractivity contribution in [2.45, 2.75) is 20.3 Å². The molecule has 6 nitrogen and oxygen atoms in total. The van der Waals surface area contributed by atoms with Crippen LogP contribution >= 0.6 is 0 Å². The van der Waals surface area contributed by atoms with Gasteiger partial charge in [0, 0.05) is 18.2 Å². The van der Waals surface area contributed by atoms with Crippen molar-refractivity contribution < 1.29 is 14.6 Å². The second-order valence-corrected chi connectivity index (χ2v) is 7.54. The van der Waals surface area contributed by atoms with Crippen LogP contribution in [0.25, 0.3) is 22.0 Å². The molecular formula is C26H25N3O3. The summed E-state index contributed by atoms with van der Waals surface area (Å²) in [6.07, 6.45) is 2.38. The lowest BCUT2D eigenvalue weighted by molar-refractivity contribution is 0.0692. The number of carboxylic acid groups (broad SMARTS) is 1. The molecule has 0 fully saturated rings. The number of aromatic nitrogens is 2. The summed E-state index contributed by atoms with van der Waals surface area (Å²) < 4.78 is 5.51. The van der Waals surface area contributed by atoms with Gasteiger partial charge in [-0.1, -0.05) is 42.5 Å². The van der Waals surface area contributed by atoms with Gasteiger partial charge in [-0.25, -0.2) is 14.8 Å². The minimum Gasteiger partial charge on any atom is -0.493 e. The zero-order valence-corrected chi connectivity index (χ0v) is 18.1. The van der Waals surface area contributed by atoms with E-state index >= 15 is 0 Å². The van der Waals surface area contributed by atoms with Gasteiger partial charge < -0.3 is 15.2 Å². The number of hydrogen-bond acceptors (Lipinski definition) is 5. The van der Waals surface area contributed by atoms with E-state index in [1.807, 2.05) is 13.0 Å². The van der Waals surface area contributed by atoms with E-state index in [9.17, 15) is 9.90 Å². The SMILES string of the molecule is CCOc1cc(-c2cc(NCCc3cc4ccccc4cc3C)ncn2)ccc1C(=O)O. The third-order valence-electron chi connectivity index (χ3n) is 5.38. The zero-order chi connectivity index (χ0) is 22.5. The number of hydrogen-bond donors (Lipinski definition) is 2. The highest BCUT2D eigenvalue weighted by Gasteiger charge is 2.13. The molecule has 1 aromatic heterocycles. The van der Waals surface area contributed by atoms with Gasteiger partial charge in [0.15, 0.2) is 0 Å². The molecular weight excluding hydrogens is 402 g/mol. The van der Waals surface area contributed by atoms with E-state index in [1.165, 1.54) is 28.2 Å². The Balaban J connectivity index is 1.49. The Morgan fingerprint density at radius 3 is 2.56 bits per heavy atom. The summed E-state index contributed by atoms with van der Waals surface area (Å²) in [6, 6.07) is 19.7. The fourth-order valence-corrected chi connectivity index (χ4v) is 3.74. The number of aromatic carboxylic acids is 1. The number of carbonyl (C=O) groups is 1. The van der Waals surface area contributed by atoms with Gasteiger partial charge in [0.1, 0.15) is 23.5 Å². The summed E-state index contributed by atoms with van der Waals surface area (Å²) in [5.74, 6) is 0.0279. The normalized spacial score (nSPS) is 10.8. The van der Waals surface area contributed by atoms with Gasteiger partial charge in [-0.15, -0.1) is 0 Å². The molecule has 0 amide bonds. The van der Waals surface area contributed by atoms with Crippen molar-refractivity contribution in [2.75, 3.05) is 18.5 Å². The van der Waals surface area contributed by atoms with Crippen molar-refractivity contribution >= 4 is 22.6 Å². The molecule has 4 aromatic rings. The summed E-state index contributed by atoms with van der Waals surface area (Å²) in [6.45, 7) is 5.08. The van der Waals surface area contributed by atoms with Gasteiger partial charge in [-0.2, -0.15) is 0 Å². The zero-order valence-electron chi connectivity index (χ0n) is 18.1. The topological polar surface area (TPSA) is 84.3 Å². The molecule has 0 atom stereocenters. The summed E-state index contributed by atoms with van der Waals surface area (Å²) in [4.78, 5) is 20.1. The number of nitrogens with zero attached hydrogens (tertiary/aromatic N) is 2. The largest absolute Gasteiger partial charge is 0.493 e. The number of fused-ring (bicyclic) bond motifs is 1. The van der Waals surface area contributed by atoms with E-state index in [2.05, 4.69) is 58.6 Å². The molecule has 2 N–H and O–H groups in total. The molecule has 0 aliphatic heterocycles. The predicted molar refractivity (Wildman–Crippen MR) is 126 cm³/mol.